The Labute approximate surface area is 91.1 Å². The first-order chi connectivity index (χ1) is 6.46. The molecular weight excluding hydrogens is 194 g/mol. The lowest BCUT2D eigenvalue weighted by Gasteiger charge is -2.30. The van der Waals surface area contributed by atoms with Crippen molar-refractivity contribution in [2.24, 2.45) is 10.8 Å². The van der Waals surface area contributed by atoms with Crippen LogP contribution in [0, 0.1) is 10.8 Å². The van der Waals surface area contributed by atoms with E-state index >= 15 is 0 Å². The molecule has 0 rings (SSSR count). The number of hydrogen-bond donors (Lipinski definition) is 2. The average Bonchev–Trinajstić information content (AvgIpc) is 1.94. The third-order valence-electron chi connectivity index (χ3n) is 2.07. The highest BCUT2D eigenvalue weighted by Crippen LogP contribution is 2.21. The molecule has 0 bridgehead atoms. The normalized spacial score (nSPS) is 14.5. The summed E-state index contributed by atoms with van der Waals surface area (Å²) >= 11 is 0. The molecule has 0 aromatic carbocycles. The second-order valence-corrected chi connectivity index (χ2v) is 5.86. The third-order valence-corrected chi connectivity index (χ3v) is 2.07. The van der Waals surface area contributed by atoms with Crippen LogP contribution in [-0.2, 0) is 9.59 Å². The van der Waals surface area contributed by atoms with Crippen LogP contribution in [0.1, 0.15) is 41.5 Å². The maximum absolute atomic E-state index is 11.7. The van der Waals surface area contributed by atoms with E-state index in [9.17, 15) is 9.59 Å². The molecule has 0 spiro atoms. The molecule has 1 amide bonds. The van der Waals surface area contributed by atoms with Gasteiger partial charge in [-0.05, 0) is 5.41 Å². The van der Waals surface area contributed by atoms with E-state index in [0.717, 1.165) is 0 Å². The lowest BCUT2D eigenvalue weighted by molar-refractivity contribution is -0.146. The third kappa shape index (κ3) is 4.32. The van der Waals surface area contributed by atoms with E-state index < -0.39 is 22.8 Å². The number of carboxylic acids is 1. The van der Waals surface area contributed by atoms with Crippen molar-refractivity contribution in [1.29, 1.82) is 0 Å². The van der Waals surface area contributed by atoms with Gasteiger partial charge in [0.1, 0.15) is 6.04 Å². The molecule has 15 heavy (non-hydrogen) atoms. The van der Waals surface area contributed by atoms with E-state index in [1.807, 2.05) is 0 Å². The summed E-state index contributed by atoms with van der Waals surface area (Å²) in [5.74, 6) is -1.25. The van der Waals surface area contributed by atoms with E-state index in [-0.39, 0.29) is 5.91 Å². The van der Waals surface area contributed by atoms with Crippen LogP contribution in [-0.4, -0.2) is 23.0 Å². The van der Waals surface area contributed by atoms with Crippen molar-refractivity contribution < 1.29 is 14.7 Å². The van der Waals surface area contributed by atoms with Crippen molar-refractivity contribution in [2.45, 2.75) is 47.6 Å². The molecule has 0 saturated carbocycles. The van der Waals surface area contributed by atoms with Gasteiger partial charge < -0.3 is 10.4 Å². The number of aliphatic carboxylic acids is 1. The first-order valence-electron chi connectivity index (χ1n) is 5.00. The fourth-order valence-corrected chi connectivity index (χ4v) is 0.996. The standard InChI is InChI=1S/C11H21NO3/c1-10(2,3)7(8(13)14)12-9(15)11(4,5)6/h7H,1-6H3,(H,12,15)(H,13,14)/t7-/m1/s1. The molecule has 0 aliphatic carbocycles. The van der Waals surface area contributed by atoms with Crippen LogP contribution in [0.4, 0.5) is 0 Å². The van der Waals surface area contributed by atoms with Crippen molar-refractivity contribution in [3.05, 3.63) is 0 Å². The predicted molar refractivity (Wildman–Crippen MR) is 58.5 cm³/mol. The Kier molecular flexibility index (Phi) is 3.91. The van der Waals surface area contributed by atoms with Crippen molar-refractivity contribution in [2.75, 3.05) is 0 Å². The van der Waals surface area contributed by atoms with Gasteiger partial charge in [0.2, 0.25) is 5.91 Å². The number of amides is 1. The second-order valence-electron chi connectivity index (χ2n) is 5.86. The summed E-state index contributed by atoms with van der Waals surface area (Å²) < 4.78 is 0. The summed E-state index contributed by atoms with van der Waals surface area (Å²) in [6, 6.07) is -0.857. The van der Waals surface area contributed by atoms with Crippen LogP contribution in [0.15, 0.2) is 0 Å². The predicted octanol–water partition coefficient (Wildman–Crippen LogP) is 1.65. The molecule has 2 N–H and O–H groups in total. The molecule has 0 fully saturated rings. The van der Waals surface area contributed by atoms with E-state index in [1.165, 1.54) is 0 Å². The highest BCUT2D eigenvalue weighted by molar-refractivity contribution is 5.87. The first-order valence-corrected chi connectivity index (χ1v) is 5.00. The molecule has 88 valence electrons. The Hall–Kier alpha value is -1.06. The maximum atomic E-state index is 11.7. The van der Waals surface area contributed by atoms with Gasteiger partial charge in [0, 0.05) is 5.41 Å². The fourth-order valence-electron chi connectivity index (χ4n) is 0.996. The summed E-state index contributed by atoms with van der Waals surface area (Å²) in [5.41, 5.74) is -1.06. The van der Waals surface area contributed by atoms with E-state index in [1.54, 1.807) is 41.5 Å². The van der Waals surface area contributed by atoms with Crippen LogP contribution in [0.25, 0.3) is 0 Å². The Bertz CT molecular complexity index is 258. The molecule has 0 aliphatic heterocycles. The number of carbonyl (C=O) groups is 2. The topological polar surface area (TPSA) is 66.4 Å². The lowest BCUT2D eigenvalue weighted by atomic mass is 9.85. The SMILES string of the molecule is CC(C)(C)C(=O)N[C@H](C(=O)O)C(C)(C)C. The van der Waals surface area contributed by atoms with E-state index in [2.05, 4.69) is 5.32 Å². The van der Waals surface area contributed by atoms with Crippen LogP contribution < -0.4 is 5.32 Å². The van der Waals surface area contributed by atoms with Crippen molar-refractivity contribution in [1.82, 2.24) is 5.32 Å². The molecule has 0 aliphatic rings. The van der Waals surface area contributed by atoms with Gasteiger partial charge in [-0.15, -0.1) is 0 Å². The Morgan fingerprint density at radius 3 is 1.67 bits per heavy atom. The number of hydrogen-bond acceptors (Lipinski definition) is 2. The summed E-state index contributed by atoms with van der Waals surface area (Å²) in [5, 5.41) is 11.6. The van der Waals surface area contributed by atoms with Crippen LogP contribution in [0.5, 0.6) is 0 Å². The first kappa shape index (κ1) is 13.9. The van der Waals surface area contributed by atoms with Gasteiger partial charge in [-0.2, -0.15) is 0 Å². The quantitative estimate of drug-likeness (QED) is 0.736. The van der Waals surface area contributed by atoms with Gasteiger partial charge in [-0.3, -0.25) is 4.79 Å². The summed E-state index contributed by atoms with van der Waals surface area (Å²) in [6.07, 6.45) is 0. The van der Waals surface area contributed by atoms with Crippen molar-refractivity contribution >= 4 is 11.9 Å². The van der Waals surface area contributed by atoms with Gasteiger partial charge in [0.25, 0.3) is 0 Å². The zero-order valence-corrected chi connectivity index (χ0v) is 10.3. The monoisotopic (exact) mass is 215 g/mol. The Morgan fingerprint density at radius 2 is 1.47 bits per heavy atom. The van der Waals surface area contributed by atoms with Crippen LogP contribution in [0.3, 0.4) is 0 Å². The smallest absolute Gasteiger partial charge is 0.326 e. The highest BCUT2D eigenvalue weighted by Gasteiger charge is 2.35. The Morgan fingerprint density at radius 1 is 1.07 bits per heavy atom. The number of carbonyl (C=O) groups excluding carboxylic acids is 1. The number of rotatable bonds is 2. The molecule has 0 aromatic heterocycles. The summed E-state index contributed by atoms with van der Waals surface area (Å²) in [6.45, 7) is 10.6. The van der Waals surface area contributed by atoms with Gasteiger partial charge in [0.05, 0.1) is 0 Å². The molecule has 4 nitrogen and oxygen atoms in total. The maximum Gasteiger partial charge on any atom is 0.326 e. The van der Waals surface area contributed by atoms with Gasteiger partial charge in [-0.25, -0.2) is 4.79 Å². The van der Waals surface area contributed by atoms with Crippen molar-refractivity contribution in [3.63, 3.8) is 0 Å². The van der Waals surface area contributed by atoms with E-state index in [0.29, 0.717) is 0 Å². The van der Waals surface area contributed by atoms with Gasteiger partial charge in [-0.1, -0.05) is 41.5 Å². The molecule has 0 saturated heterocycles. The van der Waals surface area contributed by atoms with Crippen LogP contribution in [0.2, 0.25) is 0 Å². The minimum atomic E-state index is -1.000. The molecule has 0 radical (unpaired) electrons. The zero-order valence-electron chi connectivity index (χ0n) is 10.3. The lowest BCUT2D eigenvalue weighted by Crippen LogP contribution is -2.52. The number of nitrogens with one attached hydrogen (secondary N) is 1. The van der Waals surface area contributed by atoms with Crippen molar-refractivity contribution in [3.8, 4) is 0 Å². The fraction of sp³-hybridized carbons (Fsp3) is 0.818. The molecule has 0 aromatic rings. The second kappa shape index (κ2) is 4.21. The number of carboxylic acid groups (broad SMARTS) is 1. The molecule has 0 unspecified atom stereocenters. The molecule has 4 heteroatoms. The zero-order chi connectivity index (χ0) is 12.4. The summed E-state index contributed by atoms with van der Waals surface area (Å²) in [7, 11) is 0. The minimum Gasteiger partial charge on any atom is -0.480 e. The molecule has 1 atom stereocenters. The van der Waals surface area contributed by atoms with Gasteiger partial charge in [0.15, 0.2) is 0 Å². The average molecular weight is 215 g/mol. The Balaban J connectivity index is 4.74. The minimum absolute atomic E-state index is 0.246. The molecule has 0 heterocycles. The van der Waals surface area contributed by atoms with Gasteiger partial charge >= 0.3 is 5.97 Å². The van der Waals surface area contributed by atoms with Crippen LogP contribution >= 0.6 is 0 Å². The van der Waals surface area contributed by atoms with E-state index in [4.69, 9.17) is 5.11 Å². The largest absolute Gasteiger partial charge is 0.480 e. The highest BCUT2D eigenvalue weighted by atomic mass is 16.4. The summed E-state index contributed by atoms with van der Waals surface area (Å²) in [4.78, 5) is 22.6. The molecular formula is C11H21NO3.